The molecule has 0 saturated heterocycles. The number of ether oxygens (including phenoxy) is 1. The Morgan fingerprint density at radius 1 is 1.03 bits per heavy atom. The maximum Gasteiger partial charge on any atom is 0.408 e. The topological polar surface area (TPSA) is 131 Å². The Morgan fingerprint density at radius 2 is 1.68 bits per heavy atom. The fourth-order valence-corrected chi connectivity index (χ4v) is 4.02. The van der Waals surface area contributed by atoms with Gasteiger partial charge in [0.05, 0.1) is 6.42 Å². The molecule has 0 aromatic heterocycles. The number of amides is 4. The van der Waals surface area contributed by atoms with Crippen LogP contribution in [-0.4, -0.2) is 53.4 Å². The number of nitrogens with zero attached hydrogens (tertiary/aromatic N) is 1. The molecule has 9 heteroatoms. The van der Waals surface area contributed by atoms with Gasteiger partial charge in [0.15, 0.2) is 0 Å². The lowest BCUT2D eigenvalue weighted by Gasteiger charge is -2.35. The lowest BCUT2D eigenvalue weighted by atomic mass is 9.96. The van der Waals surface area contributed by atoms with Crippen molar-refractivity contribution in [2.75, 3.05) is 13.1 Å². The van der Waals surface area contributed by atoms with E-state index in [1.165, 1.54) is 4.90 Å². The van der Waals surface area contributed by atoms with Crippen molar-refractivity contribution in [3.8, 4) is 0 Å². The van der Waals surface area contributed by atoms with Crippen molar-refractivity contribution < 1.29 is 23.9 Å². The van der Waals surface area contributed by atoms with Crippen LogP contribution >= 0.6 is 0 Å². The fraction of sp³-hybridized carbons (Fsp3) is 0.643. The van der Waals surface area contributed by atoms with E-state index >= 15 is 0 Å². The van der Waals surface area contributed by atoms with Gasteiger partial charge in [-0.15, -0.1) is 0 Å². The number of nitrogens with one attached hydrogen (secondary N) is 2. The molecule has 1 aromatic carbocycles. The summed E-state index contributed by atoms with van der Waals surface area (Å²) in [5.74, 6) is -1.62. The highest BCUT2D eigenvalue weighted by molar-refractivity contribution is 5.94. The summed E-state index contributed by atoms with van der Waals surface area (Å²) in [6.07, 6.45) is 2.88. The van der Waals surface area contributed by atoms with Gasteiger partial charge in [-0.25, -0.2) is 4.79 Å². The van der Waals surface area contributed by atoms with E-state index in [2.05, 4.69) is 10.6 Å². The fourth-order valence-electron chi connectivity index (χ4n) is 4.02. The molecule has 1 rings (SSSR count). The van der Waals surface area contributed by atoms with Gasteiger partial charge in [0, 0.05) is 13.1 Å². The van der Waals surface area contributed by atoms with Crippen molar-refractivity contribution >= 4 is 23.8 Å². The van der Waals surface area contributed by atoms with Gasteiger partial charge in [0.25, 0.3) is 0 Å². The minimum absolute atomic E-state index is 0.275. The Labute approximate surface area is 221 Å². The van der Waals surface area contributed by atoms with Gasteiger partial charge in [0.2, 0.25) is 17.7 Å². The van der Waals surface area contributed by atoms with E-state index in [1.807, 2.05) is 45.9 Å². The highest BCUT2D eigenvalue weighted by Crippen LogP contribution is 2.27. The van der Waals surface area contributed by atoms with E-state index in [0.717, 1.165) is 36.8 Å². The molecule has 9 nitrogen and oxygen atoms in total. The van der Waals surface area contributed by atoms with Crippen molar-refractivity contribution in [3.63, 3.8) is 0 Å². The van der Waals surface area contributed by atoms with Gasteiger partial charge in [-0.05, 0) is 58.6 Å². The first-order valence-corrected chi connectivity index (χ1v) is 13.2. The standard InChI is InChI=1S/C28H46N4O5/c1-8-10-12-16-32(26(35)22(18-23(29)33)31-27(36)37-28(5,6)7)24(25(34)30-15-11-9-2)21-14-13-19(3)17-20(21)4/h13-14,17,22,24H,8-12,15-16,18H2,1-7H3,(H2,29,33)(H,30,34)(H,31,36). The van der Waals surface area contributed by atoms with E-state index < -0.39 is 42.0 Å². The zero-order valence-electron chi connectivity index (χ0n) is 23.6. The summed E-state index contributed by atoms with van der Waals surface area (Å²) in [7, 11) is 0. The van der Waals surface area contributed by atoms with Crippen LogP contribution in [-0.2, 0) is 19.1 Å². The van der Waals surface area contributed by atoms with Crippen LogP contribution in [0.15, 0.2) is 18.2 Å². The Bertz CT molecular complexity index is 926. The van der Waals surface area contributed by atoms with Crippen LogP contribution in [0, 0.1) is 13.8 Å². The van der Waals surface area contributed by atoms with E-state index in [4.69, 9.17) is 10.5 Å². The number of primary amides is 1. The smallest absolute Gasteiger partial charge is 0.408 e. The third-order valence-electron chi connectivity index (χ3n) is 5.79. The number of aryl methyl sites for hydroxylation is 2. The van der Waals surface area contributed by atoms with Crippen LogP contribution in [0.4, 0.5) is 4.79 Å². The maximum atomic E-state index is 14.0. The quantitative estimate of drug-likeness (QED) is 0.320. The van der Waals surface area contributed by atoms with Gasteiger partial charge in [0.1, 0.15) is 17.7 Å². The van der Waals surface area contributed by atoms with Crippen LogP contribution in [0.3, 0.4) is 0 Å². The summed E-state index contributed by atoms with van der Waals surface area (Å²) < 4.78 is 5.32. The zero-order chi connectivity index (χ0) is 28.2. The molecule has 1 aromatic rings. The monoisotopic (exact) mass is 518 g/mol. The van der Waals surface area contributed by atoms with Crippen LogP contribution in [0.1, 0.15) is 95.9 Å². The van der Waals surface area contributed by atoms with E-state index in [-0.39, 0.29) is 12.5 Å². The number of hydrogen-bond acceptors (Lipinski definition) is 5. The molecule has 4 N–H and O–H groups in total. The predicted molar refractivity (Wildman–Crippen MR) is 145 cm³/mol. The molecule has 0 bridgehead atoms. The van der Waals surface area contributed by atoms with Gasteiger partial charge in [-0.2, -0.15) is 0 Å². The van der Waals surface area contributed by atoms with Crippen molar-refractivity contribution in [1.29, 1.82) is 0 Å². The number of nitrogens with two attached hydrogens (primary N) is 1. The lowest BCUT2D eigenvalue weighted by molar-refractivity contribution is -0.143. The predicted octanol–water partition coefficient (Wildman–Crippen LogP) is 4.05. The first-order valence-electron chi connectivity index (χ1n) is 13.2. The first-order chi connectivity index (χ1) is 17.3. The van der Waals surface area contributed by atoms with Crippen molar-refractivity contribution in [1.82, 2.24) is 15.5 Å². The molecule has 0 spiro atoms. The summed E-state index contributed by atoms with van der Waals surface area (Å²) in [6.45, 7) is 13.8. The molecule has 0 aliphatic rings. The minimum Gasteiger partial charge on any atom is -0.444 e. The molecular weight excluding hydrogens is 472 g/mol. The van der Waals surface area contributed by atoms with Crippen LogP contribution in [0.2, 0.25) is 0 Å². The Morgan fingerprint density at radius 3 is 2.22 bits per heavy atom. The van der Waals surface area contributed by atoms with E-state index in [9.17, 15) is 19.2 Å². The van der Waals surface area contributed by atoms with Gasteiger partial charge in [-0.1, -0.05) is 56.9 Å². The van der Waals surface area contributed by atoms with Crippen molar-refractivity contribution in [3.05, 3.63) is 34.9 Å². The maximum absolute atomic E-state index is 14.0. The van der Waals surface area contributed by atoms with Crippen molar-refractivity contribution in [2.45, 2.75) is 105 Å². The summed E-state index contributed by atoms with van der Waals surface area (Å²) in [5.41, 5.74) is 7.24. The Hall–Kier alpha value is -3.10. The number of carbonyl (C=O) groups is 4. The van der Waals surface area contributed by atoms with Crippen LogP contribution in [0.5, 0.6) is 0 Å². The lowest BCUT2D eigenvalue weighted by Crippen LogP contribution is -2.54. The highest BCUT2D eigenvalue weighted by Gasteiger charge is 2.37. The highest BCUT2D eigenvalue weighted by atomic mass is 16.6. The molecule has 0 fully saturated rings. The zero-order valence-corrected chi connectivity index (χ0v) is 23.6. The number of carbonyl (C=O) groups excluding carboxylic acids is 4. The number of alkyl carbamates (subject to hydrolysis) is 1. The third-order valence-corrected chi connectivity index (χ3v) is 5.79. The average molecular weight is 519 g/mol. The second kappa shape index (κ2) is 15.2. The van der Waals surface area contributed by atoms with Gasteiger partial charge < -0.3 is 26.0 Å². The number of unbranched alkanes of at least 4 members (excludes halogenated alkanes) is 3. The third kappa shape index (κ3) is 11.2. The van der Waals surface area contributed by atoms with Gasteiger partial charge >= 0.3 is 6.09 Å². The molecule has 37 heavy (non-hydrogen) atoms. The van der Waals surface area contributed by atoms with Gasteiger partial charge in [-0.3, -0.25) is 14.4 Å². The number of benzene rings is 1. The van der Waals surface area contributed by atoms with E-state index in [1.54, 1.807) is 20.8 Å². The average Bonchev–Trinajstić information content (AvgIpc) is 2.77. The number of rotatable bonds is 14. The minimum atomic E-state index is -1.27. The summed E-state index contributed by atoms with van der Waals surface area (Å²) in [4.78, 5) is 53.4. The number of hydrogen-bond donors (Lipinski definition) is 3. The normalized spacial score (nSPS) is 12.8. The molecule has 0 aliphatic carbocycles. The summed E-state index contributed by atoms with van der Waals surface area (Å²) in [6, 6.07) is 3.53. The summed E-state index contributed by atoms with van der Waals surface area (Å²) in [5, 5.41) is 5.48. The summed E-state index contributed by atoms with van der Waals surface area (Å²) >= 11 is 0. The molecule has 2 atom stereocenters. The largest absolute Gasteiger partial charge is 0.444 e. The van der Waals surface area contributed by atoms with Crippen LogP contribution < -0.4 is 16.4 Å². The molecule has 208 valence electrons. The molecule has 0 aliphatic heterocycles. The SMILES string of the molecule is CCCCCN(C(=O)C(CC(N)=O)NC(=O)OC(C)(C)C)C(C(=O)NCCCC)c1ccc(C)cc1C. The molecule has 0 saturated carbocycles. The van der Waals surface area contributed by atoms with Crippen molar-refractivity contribution in [2.24, 2.45) is 5.73 Å². The Kier molecular flexibility index (Phi) is 13.1. The van der Waals surface area contributed by atoms with Crippen LogP contribution in [0.25, 0.3) is 0 Å². The second-order valence-corrected chi connectivity index (χ2v) is 10.5. The Balaban J connectivity index is 3.52. The second-order valence-electron chi connectivity index (χ2n) is 10.5. The molecule has 0 radical (unpaired) electrons. The van der Waals surface area contributed by atoms with E-state index in [0.29, 0.717) is 18.5 Å². The molecule has 2 unspecified atom stereocenters. The first kappa shape index (κ1) is 31.9. The molecular formula is C28H46N4O5. The molecule has 0 heterocycles. The molecule has 4 amide bonds.